The zero-order valence-corrected chi connectivity index (χ0v) is 10.6. The predicted octanol–water partition coefficient (Wildman–Crippen LogP) is 2.80. The number of aryl methyl sites for hydroxylation is 1. The van der Waals surface area contributed by atoms with Gasteiger partial charge in [-0.05, 0) is 27.7 Å². The van der Waals surface area contributed by atoms with E-state index in [0.717, 1.165) is 22.6 Å². The number of nitriles is 1. The molecular weight excluding hydrogens is 200 g/mol. The molecule has 0 saturated heterocycles. The fourth-order valence-electron chi connectivity index (χ4n) is 1.71. The minimum atomic E-state index is -0.391. The first-order valence-electron chi connectivity index (χ1n) is 5.31. The molecule has 0 radical (unpaired) electrons. The highest BCUT2D eigenvalue weighted by Crippen LogP contribution is 2.28. The molecule has 0 aliphatic rings. The van der Waals surface area contributed by atoms with Crippen molar-refractivity contribution in [3.8, 4) is 11.8 Å². The number of aromatic nitrogens is 1. The van der Waals surface area contributed by atoms with E-state index in [1.165, 1.54) is 0 Å². The summed E-state index contributed by atoms with van der Waals surface area (Å²) in [6.45, 7) is 7.79. The summed E-state index contributed by atoms with van der Waals surface area (Å²) in [7, 11) is 1.66. The van der Waals surface area contributed by atoms with Crippen LogP contribution in [0, 0.1) is 30.6 Å². The monoisotopic (exact) mass is 218 g/mol. The molecule has 86 valence electrons. The van der Waals surface area contributed by atoms with E-state index in [2.05, 4.69) is 11.1 Å². The Morgan fingerprint density at radius 1 is 1.44 bits per heavy atom. The highest BCUT2D eigenvalue weighted by atomic mass is 16.5. The molecule has 1 aromatic heterocycles. The summed E-state index contributed by atoms with van der Waals surface area (Å²) in [4.78, 5) is 4.39. The van der Waals surface area contributed by atoms with Gasteiger partial charge in [0.25, 0.3) is 0 Å². The number of methoxy groups -OCH3 is 1. The molecule has 0 atom stereocenters. The summed E-state index contributed by atoms with van der Waals surface area (Å²) in [5, 5.41) is 9.02. The van der Waals surface area contributed by atoms with Crippen molar-refractivity contribution in [3.63, 3.8) is 0 Å². The van der Waals surface area contributed by atoms with Crippen LogP contribution in [0.3, 0.4) is 0 Å². The Morgan fingerprint density at radius 2 is 2.06 bits per heavy atom. The van der Waals surface area contributed by atoms with Crippen LogP contribution in [0.1, 0.15) is 30.7 Å². The molecule has 16 heavy (non-hydrogen) atoms. The number of pyridine rings is 1. The number of nitrogens with zero attached hydrogens (tertiary/aromatic N) is 2. The first-order valence-corrected chi connectivity index (χ1v) is 5.31. The lowest BCUT2D eigenvalue weighted by molar-refractivity contribution is 0.404. The average Bonchev–Trinajstić information content (AvgIpc) is 2.23. The molecule has 0 fully saturated rings. The third-order valence-corrected chi connectivity index (χ3v) is 2.66. The Morgan fingerprint density at radius 3 is 2.56 bits per heavy atom. The third-order valence-electron chi connectivity index (χ3n) is 2.66. The van der Waals surface area contributed by atoms with E-state index in [0.29, 0.717) is 6.42 Å². The summed E-state index contributed by atoms with van der Waals surface area (Å²) in [5.74, 6) is 0.874. The van der Waals surface area contributed by atoms with Crippen LogP contribution in [0.2, 0.25) is 0 Å². The molecule has 3 heteroatoms. The summed E-state index contributed by atoms with van der Waals surface area (Å²) in [6.07, 6.45) is 2.45. The first-order chi connectivity index (χ1) is 7.41. The maximum atomic E-state index is 9.02. The van der Waals surface area contributed by atoms with Crippen LogP contribution in [-0.4, -0.2) is 12.1 Å². The minimum Gasteiger partial charge on any atom is -0.496 e. The summed E-state index contributed by atoms with van der Waals surface area (Å²) >= 11 is 0. The first kappa shape index (κ1) is 12.5. The SMILES string of the molecule is COc1c(C)cnc(CC(C)(C)C#N)c1C. The van der Waals surface area contributed by atoms with Crippen LogP contribution in [-0.2, 0) is 6.42 Å². The van der Waals surface area contributed by atoms with Gasteiger partial charge in [0.2, 0.25) is 0 Å². The molecule has 0 aromatic carbocycles. The van der Waals surface area contributed by atoms with Gasteiger partial charge in [-0.3, -0.25) is 4.98 Å². The minimum absolute atomic E-state index is 0.391. The van der Waals surface area contributed by atoms with E-state index < -0.39 is 5.41 Å². The van der Waals surface area contributed by atoms with E-state index in [9.17, 15) is 0 Å². The van der Waals surface area contributed by atoms with Crippen molar-refractivity contribution in [2.45, 2.75) is 34.1 Å². The summed E-state index contributed by atoms with van der Waals surface area (Å²) in [5.41, 5.74) is 2.61. The predicted molar refractivity (Wildman–Crippen MR) is 63.4 cm³/mol. The maximum Gasteiger partial charge on any atom is 0.128 e. The molecule has 0 aliphatic carbocycles. The van der Waals surface area contributed by atoms with Crippen molar-refractivity contribution in [1.29, 1.82) is 5.26 Å². The smallest absolute Gasteiger partial charge is 0.128 e. The molecule has 0 amide bonds. The van der Waals surface area contributed by atoms with Gasteiger partial charge in [0, 0.05) is 29.4 Å². The number of ether oxygens (including phenoxy) is 1. The van der Waals surface area contributed by atoms with E-state index in [4.69, 9.17) is 10.00 Å². The zero-order chi connectivity index (χ0) is 12.3. The standard InChI is InChI=1S/C13H18N2O/c1-9-7-15-11(6-13(3,4)8-14)10(2)12(9)16-5/h7H,6H2,1-5H3. The van der Waals surface area contributed by atoms with Crippen LogP contribution in [0.5, 0.6) is 5.75 Å². The van der Waals surface area contributed by atoms with Gasteiger partial charge in [-0.15, -0.1) is 0 Å². The Balaban J connectivity index is 3.13. The van der Waals surface area contributed by atoms with Gasteiger partial charge in [0.1, 0.15) is 5.75 Å². The average molecular weight is 218 g/mol. The second kappa shape index (κ2) is 4.52. The molecule has 0 unspecified atom stereocenters. The fourth-order valence-corrected chi connectivity index (χ4v) is 1.71. The largest absolute Gasteiger partial charge is 0.496 e. The fraction of sp³-hybridized carbons (Fsp3) is 0.538. The van der Waals surface area contributed by atoms with Crippen LogP contribution in [0.4, 0.5) is 0 Å². The molecule has 0 bridgehead atoms. The lowest BCUT2D eigenvalue weighted by Crippen LogP contribution is -2.14. The normalized spacial score (nSPS) is 11.0. The molecular formula is C13H18N2O. The third kappa shape index (κ3) is 2.52. The van der Waals surface area contributed by atoms with E-state index in [1.54, 1.807) is 13.3 Å². The van der Waals surface area contributed by atoms with Gasteiger partial charge >= 0.3 is 0 Å². The van der Waals surface area contributed by atoms with Gasteiger partial charge in [-0.25, -0.2) is 0 Å². The van der Waals surface area contributed by atoms with E-state index in [-0.39, 0.29) is 0 Å². The molecule has 1 aromatic rings. The van der Waals surface area contributed by atoms with E-state index >= 15 is 0 Å². The van der Waals surface area contributed by atoms with Crippen LogP contribution in [0.15, 0.2) is 6.20 Å². The Kier molecular flexibility index (Phi) is 3.54. The van der Waals surface area contributed by atoms with Crippen LogP contribution < -0.4 is 4.74 Å². The summed E-state index contributed by atoms with van der Waals surface area (Å²) in [6, 6.07) is 2.29. The Hall–Kier alpha value is -1.56. The number of hydrogen-bond donors (Lipinski definition) is 0. The van der Waals surface area contributed by atoms with Crippen LogP contribution in [0.25, 0.3) is 0 Å². The second-order valence-corrected chi connectivity index (χ2v) is 4.72. The molecule has 3 nitrogen and oxygen atoms in total. The molecule has 0 saturated carbocycles. The summed E-state index contributed by atoms with van der Waals surface area (Å²) < 4.78 is 5.34. The molecule has 1 rings (SSSR count). The molecule has 0 N–H and O–H groups in total. The lowest BCUT2D eigenvalue weighted by atomic mass is 9.88. The van der Waals surface area contributed by atoms with Gasteiger partial charge in [-0.2, -0.15) is 5.26 Å². The Bertz CT molecular complexity index is 430. The zero-order valence-electron chi connectivity index (χ0n) is 10.6. The van der Waals surface area contributed by atoms with Crippen molar-refractivity contribution in [1.82, 2.24) is 4.98 Å². The van der Waals surface area contributed by atoms with Gasteiger partial charge in [-0.1, -0.05) is 0 Å². The molecule has 0 aliphatic heterocycles. The van der Waals surface area contributed by atoms with Gasteiger partial charge in [0.05, 0.1) is 18.6 Å². The topological polar surface area (TPSA) is 45.9 Å². The maximum absolute atomic E-state index is 9.02. The quantitative estimate of drug-likeness (QED) is 0.783. The number of rotatable bonds is 3. The second-order valence-electron chi connectivity index (χ2n) is 4.72. The van der Waals surface area contributed by atoms with Crippen molar-refractivity contribution >= 4 is 0 Å². The Labute approximate surface area is 97.1 Å². The van der Waals surface area contributed by atoms with Crippen molar-refractivity contribution in [2.75, 3.05) is 7.11 Å². The van der Waals surface area contributed by atoms with Crippen molar-refractivity contribution < 1.29 is 4.74 Å². The van der Waals surface area contributed by atoms with Gasteiger partial charge in [0.15, 0.2) is 0 Å². The number of hydrogen-bond acceptors (Lipinski definition) is 3. The van der Waals surface area contributed by atoms with E-state index in [1.807, 2.05) is 27.7 Å². The highest BCUT2D eigenvalue weighted by molar-refractivity contribution is 5.41. The molecule has 0 spiro atoms. The van der Waals surface area contributed by atoms with Crippen molar-refractivity contribution in [2.24, 2.45) is 5.41 Å². The van der Waals surface area contributed by atoms with Crippen LogP contribution >= 0.6 is 0 Å². The van der Waals surface area contributed by atoms with Crippen molar-refractivity contribution in [3.05, 3.63) is 23.0 Å². The van der Waals surface area contributed by atoms with Gasteiger partial charge < -0.3 is 4.74 Å². The highest BCUT2D eigenvalue weighted by Gasteiger charge is 2.21. The lowest BCUT2D eigenvalue weighted by Gasteiger charge is -2.18. The molecule has 1 heterocycles.